The van der Waals surface area contributed by atoms with Crippen LogP contribution in [0.15, 0.2) is 84.9 Å². The zero-order chi connectivity index (χ0) is 41.5. The molecule has 4 rings (SSSR count). The smallest absolute Gasteiger partial charge is 0.416 e. The number of carbonyl (C=O) groups excluding carboxylic acids is 5. The van der Waals surface area contributed by atoms with Gasteiger partial charge in [0.1, 0.15) is 5.56 Å². The van der Waals surface area contributed by atoms with Crippen molar-refractivity contribution < 1.29 is 50.7 Å². The van der Waals surface area contributed by atoms with Crippen LogP contribution in [0, 0.1) is 11.6 Å². The number of carbonyl (C=O) groups is 5. The van der Waals surface area contributed by atoms with Crippen LogP contribution in [-0.4, -0.2) is 85.6 Å². The van der Waals surface area contributed by atoms with Gasteiger partial charge in [0.15, 0.2) is 17.0 Å². The fourth-order valence-corrected chi connectivity index (χ4v) is 6.00. The summed E-state index contributed by atoms with van der Waals surface area (Å²) < 4.78 is 76.7. The van der Waals surface area contributed by atoms with Gasteiger partial charge in [-0.15, -0.1) is 0 Å². The van der Waals surface area contributed by atoms with Gasteiger partial charge >= 0.3 is 12.1 Å². The molecule has 0 aliphatic carbocycles. The van der Waals surface area contributed by atoms with E-state index in [9.17, 15) is 37.1 Å². The summed E-state index contributed by atoms with van der Waals surface area (Å²) in [7, 11) is 5.53. The van der Waals surface area contributed by atoms with Crippen LogP contribution in [0.2, 0.25) is 0 Å². The number of hydrogen-bond donors (Lipinski definition) is 1. The number of anilines is 1. The summed E-state index contributed by atoms with van der Waals surface area (Å²) in [5, 5.41) is 2.32. The van der Waals surface area contributed by atoms with Gasteiger partial charge in [0, 0.05) is 59.3 Å². The van der Waals surface area contributed by atoms with Gasteiger partial charge in [-0.2, -0.15) is 13.2 Å². The van der Waals surface area contributed by atoms with Crippen molar-refractivity contribution in [2.45, 2.75) is 38.3 Å². The minimum Gasteiger partial charge on any atom is -0.420 e. The molecule has 0 heterocycles. The Labute approximate surface area is 320 Å². The van der Waals surface area contributed by atoms with Crippen LogP contribution in [0.4, 0.5) is 27.6 Å². The largest absolute Gasteiger partial charge is 0.420 e. The summed E-state index contributed by atoms with van der Waals surface area (Å²) in [6.07, 6.45) is -5.71. The van der Waals surface area contributed by atoms with Crippen molar-refractivity contribution in [3.63, 3.8) is 0 Å². The molecule has 0 saturated heterocycles. The molecule has 0 aromatic heterocycles. The topological polar surface area (TPSA) is 116 Å². The Morgan fingerprint density at radius 2 is 1.29 bits per heavy atom. The van der Waals surface area contributed by atoms with E-state index in [1.807, 2.05) is 0 Å². The van der Waals surface area contributed by atoms with E-state index in [-0.39, 0.29) is 29.8 Å². The summed E-state index contributed by atoms with van der Waals surface area (Å²) >= 11 is 0. The number of nitrogens with zero attached hydrogens (tertiary/aromatic N) is 3. The number of esters is 1. The first-order valence-electron chi connectivity index (χ1n) is 17.5. The van der Waals surface area contributed by atoms with Crippen molar-refractivity contribution in [1.29, 1.82) is 0 Å². The normalized spacial score (nSPS) is 11.4. The van der Waals surface area contributed by atoms with Crippen LogP contribution in [0.3, 0.4) is 0 Å². The van der Waals surface area contributed by atoms with Crippen LogP contribution >= 0.6 is 0 Å². The predicted molar refractivity (Wildman–Crippen MR) is 199 cm³/mol. The molecule has 4 aromatic carbocycles. The maximum Gasteiger partial charge on any atom is 0.416 e. The first-order chi connectivity index (χ1) is 26.4. The number of amides is 4. The zero-order valence-corrected chi connectivity index (χ0v) is 31.6. The monoisotopic (exact) mass is 780 g/mol. The van der Waals surface area contributed by atoms with Gasteiger partial charge < -0.3 is 24.8 Å². The second kappa shape index (κ2) is 17.6. The van der Waals surface area contributed by atoms with Gasteiger partial charge in [-0.05, 0) is 55.2 Å². The molecule has 0 radical (unpaired) electrons. The Hall–Kier alpha value is -6.12. The molecule has 4 amide bonds. The fourth-order valence-electron chi connectivity index (χ4n) is 6.00. The van der Waals surface area contributed by atoms with E-state index in [0.29, 0.717) is 11.6 Å². The highest BCUT2D eigenvalue weighted by Gasteiger charge is 2.50. The van der Waals surface area contributed by atoms with Crippen molar-refractivity contribution >= 4 is 35.3 Å². The van der Waals surface area contributed by atoms with E-state index in [1.54, 1.807) is 44.2 Å². The average Bonchev–Trinajstić information content (AvgIpc) is 3.18. The third-order valence-corrected chi connectivity index (χ3v) is 9.30. The Morgan fingerprint density at radius 3 is 1.82 bits per heavy atom. The molecule has 1 N–H and O–H groups in total. The van der Waals surface area contributed by atoms with Crippen LogP contribution < -0.4 is 10.1 Å². The number of halogens is 5. The van der Waals surface area contributed by atoms with Gasteiger partial charge in [0.05, 0.1) is 11.3 Å². The average molecular weight is 781 g/mol. The second-order valence-corrected chi connectivity index (χ2v) is 13.1. The third-order valence-electron chi connectivity index (χ3n) is 9.30. The zero-order valence-electron chi connectivity index (χ0n) is 31.6. The lowest BCUT2D eigenvalue weighted by molar-refractivity contribution is -0.149. The molecule has 0 fully saturated rings. The number of hydrogen-bond acceptors (Lipinski definition) is 6. The molecule has 56 heavy (non-hydrogen) atoms. The van der Waals surface area contributed by atoms with Crippen LogP contribution in [0.1, 0.15) is 58.5 Å². The first-order valence-corrected chi connectivity index (χ1v) is 17.5. The van der Waals surface area contributed by atoms with E-state index in [4.69, 9.17) is 4.74 Å². The van der Waals surface area contributed by atoms with Crippen molar-refractivity contribution in [2.75, 3.05) is 46.6 Å². The molecule has 296 valence electrons. The number of likely N-dealkylation sites (N-methyl/N-ethyl adjacent to an activating group) is 2. The molecule has 0 unspecified atom stereocenters. The highest BCUT2D eigenvalue weighted by Crippen LogP contribution is 2.37. The standard InChI is InChI=1S/C41H41F5N4O6/c1-7-49(5)38(54)40(39(55)50(6)8-2,26-14-10-9-11-15-26)23-22-32(51)56-35-30(42)24-31(33(34(35)43)37(53)48(3)4)47-36(52)29-17-13-12-16-28(29)25-18-20-27(21-19-25)41(44,45)46/h9-21,24H,7-8,22-23H2,1-6H3,(H,47,52). The van der Waals surface area contributed by atoms with E-state index in [0.717, 1.165) is 29.2 Å². The van der Waals surface area contributed by atoms with Gasteiger partial charge in [-0.1, -0.05) is 60.7 Å². The first kappa shape index (κ1) is 42.6. The van der Waals surface area contributed by atoms with Crippen LogP contribution in [0.5, 0.6) is 5.75 Å². The van der Waals surface area contributed by atoms with Crippen molar-refractivity contribution in [3.05, 3.63) is 119 Å². The highest BCUT2D eigenvalue weighted by molar-refractivity contribution is 6.12. The molecule has 0 aliphatic rings. The molecule has 0 bridgehead atoms. The second-order valence-electron chi connectivity index (χ2n) is 13.1. The maximum absolute atomic E-state index is 16.3. The van der Waals surface area contributed by atoms with Crippen LogP contribution in [0.25, 0.3) is 11.1 Å². The molecular formula is C41H41F5N4O6. The Balaban J connectivity index is 1.70. The summed E-state index contributed by atoms with van der Waals surface area (Å²) in [6, 6.07) is 18.5. The molecule has 0 saturated carbocycles. The van der Waals surface area contributed by atoms with E-state index >= 15 is 8.78 Å². The minimum atomic E-state index is -4.60. The number of nitrogens with one attached hydrogen (secondary N) is 1. The van der Waals surface area contributed by atoms with Gasteiger partial charge in [-0.3, -0.25) is 24.0 Å². The Bertz CT molecular complexity index is 2080. The van der Waals surface area contributed by atoms with E-state index < -0.39 is 88.2 Å². The molecular weight excluding hydrogens is 739 g/mol. The lowest BCUT2D eigenvalue weighted by atomic mass is 9.74. The van der Waals surface area contributed by atoms with Crippen LogP contribution in [-0.2, 0) is 26.0 Å². The SMILES string of the molecule is CCN(C)C(=O)C(CCC(=O)Oc1c(F)cc(NC(=O)c2ccccc2-c2ccc(C(F)(F)F)cc2)c(C(=O)N(C)C)c1F)(C(=O)N(C)CC)c1ccccc1. The number of benzene rings is 4. The highest BCUT2D eigenvalue weighted by atomic mass is 19.4. The lowest BCUT2D eigenvalue weighted by Crippen LogP contribution is -2.55. The molecule has 10 nitrogen and oxygen atoms in total. The van der Waals surface area contributed by atoms with Gasteiger partial charge in [-0.25, -0.2) is 8.78 Å². The van der Waals surface area contributed by atoms with E-state index in [2.05, 4.69) is 5.32 Å². The quantitative estimate of drug-likeness (QED) is 0.0665. The van der Waals surface area contributed by atoms with Crippen molar-refractivity contribution in [2.24, 2.45) is 0 Å². The number of ether oxygens (including phenoxy) is 1. The van der Waals surface area contributed by atoms with E-state index in [1.165, 1.54) is 62.3 Å². The Kier molecular flexibility index (Phi) is 13.4. The predicted octanol–water partition coefficient (Wildman–Crippen LogP) is 7.18. The summed E-state index contributed by atoms with van der Waals surface area (Å²) in [4.78, 5) is 71.9. The summed E-state index contributed by atoms with van der Waals surface area (Å²) in [5.41, 5.74) is -3.70. The maximum atomic E-state index is 16.3. The summed E-state index contributed by atoms with van der Waals surface area (Å²) in [6.45, 7) is 3.86. The Morgan fingerprint density at radius 1 is 0.732 bits per heavy atom. The van der Waals surface area contributed by atoms with Crippen molar-refractivity contribution in [3.8, 4) is 16.9 Å². The molecule has 0 aliphatic heterocycles. The van der Waals surface area contributed by atoms with Gasteiger partial charge in [0.2, 0.25) is 17.6 Å². The van der Waals surface area contributed by atoms with Crippen molar-refractivity contribution in [1.82, 2.24) is 14.7 Å². The third kappa shape index (κ3) is 8.88. The molecule has 0 spiro atoms. The van der Waals surface area contributed by atoms with Gasteiger partial charge in [0.25, 0.3) is 11.8 Å². The summed E-state index contributed by atoms with van der Waals surface area (Å²) in [5.74, 6) is -8.82. The molecule has 4 aromatic rings. The number of rotatable bonds is 13. The fraction of sp³-hybridized carbons (Fsp3) is 0.293. The lowest BCUT2D eigenvalue weighted by Gasteiger charge is -2.37. The molecule has 0 atom stereocenters. The molecule has 15 heteroatoms. The number of alkyl halides is 3. The minimum absolute atomic E-state index is 0.0970.